The van der Waals surface area contributed by atoms with Crippen LogP contribution in [0.2, 0.25) is 0 Å². The van der Waals surface area contributed by atoms with Crippen LogP contribution < -0.4 is 10.6 Å². The first kappa shape index (κ1) is 18.0. The third kappa shape index (κ3) is 4.08. The van der Waals surface area contributed by atoms with Gasteiger partial charge in [-0.05, 0) is 30.4 Å². The minimum atomic E-state index is -0.431. The highest BCUT2D eigenvalue weighted by molar-refractivity contribution is 7.13. The normalized spacial score (nSPS) is 21.5. The summed E-state index contributed by atoms with van der Waals surface area (Å²) in [5, 5.41) is 15.6. The molecule has 2 heterocycles. The predicted octanol–water partition coefficient (Wildman–Crippen LogP) is 2.83. The highest BCUT2D eigenvalue weighted by Crippen LogP contribution is 2.32. The lowest BCUT2D eigenvalue weighted by molar-refractivity contribution is -0.123. The van der Waals surface area contributed by atoms with Crippen LogP contribution in [-0.2, 0) is 4.79 Å². The van der Waals surface area contributed by atoms with Gasteiger partial charge in [0.1, 0.15) is 0 Å². The summed E-state index contributed by atoms with van der Waals surface area (Å²) < 4.78 is 0. The Labute approximate surface area is 152 Å². The molecule has 1 amide bonds. The van der Waals surface area contributed by atoms with Crippen molar-refractivity contribution in [3.63, 3.8) is 0 Å². The molecule has 0 saturated carbocycles. The number of benzene rings is 1. The summed E-state index contributed by atoms with van der Waals surface area (Å²) in [6, 6.07) is 7.92. The van der Waals surface area contributed by atoms with Gasteiger partial charge in [-0.1, -0.05) is 38.1 Å². The van der Waals surface area contributed by atoms with Gasteiger partial charge in [-0.2, -0.15) is 0 Å². The number of aliphatic hydroxyl groups is 1. The van der Waals surface area contributed by atoms with Crippen molar-refractivity contribution in [3.05, 3.63) is 41.0 Å². The Morgan fingerprint density at radius 3 is 2.64 bits per heavy atom. The van der Waals surface area contributed by atoms with E-state index >= 15 is 0 Å². The fraction of sp³-hybridized carbons (Fsp3) is 0.474. The van der Waals surface area contributed by atoms with E-state index in [0.29, 0.717) is 18.9 Å². The van der Waals surface area contributed by atoms with E-state index in [0.717, 1.165) is 16.8 Å². The van der Waals surface area contributed by atoms with Crippen molar-refractivity contribution in [1.82, 2.24) is 15.6 Å². The fourth-order valence-electron chi connectivity index (χ4n) is 3.12. The van der Waals surface area contributed by atoms with Crippen molar-refractivity contribution >= 4 is 17.2 Å². The lowest BCUT2D eigenvalue weighted by Gasteiger charge is -2.18. The van der Waals surface area contributed by atoms with Gasteiger partial charge in [-0.15, -0.1) is 11.3 Å². The van der Waals surface area contributed by atoms with E-state index in [1.54, 1.807) is 11.3 Å². The summed E-state index contributed by atoms with van der Waals surface area (Å²) >= 11 is 1.66. The maximum atomic E-state index is 12.3. The maximum Gasteiger partial charge on any atom is 0.237 e. The molecule has 5 nitrogen and oxygen atoms in total. The van der Waals surface area contributed by atoms with Gasteiger partial charge in [0.05, 0.1) is 34.3 Å². The molecule has 0 radical (unpaired) electrons. The summed E-state index contributed by atoms with van der Waals surface area (Å²) in [6.07, 6.45) is 0.0424. The fourth-order valence-corrected chi connectivity index (χ4v) is 4.07. The monoisotopic (exact) mass is 359 g/mol. The molecule has 0 aliphatic carbocycles. The van der Waals surface area contributed by atoms with Crippen molar-refractivity contribution in [2.45, 2.75) is 51.3 Å². The molecule has 3 rings (SSSR count). The third-order valence-corrected chi connectivity index (χ3v) is 5.49. The van der Waals surface area contributed by atoms with E-state index < -0.39 is 6.10 Å². The molecule has 6 heteroatoms. The van der Waals surface area contributed by atoms with E-state index in [2.05, 4.69) is 53.7 Å². The van der Waals surface area contributed by atoms with Gasteiger partial charge in [-0.25, -0.2) is 4.98 Å². The second-order valence-corrected chi connectivity index (χ2v) is 7.78. The first-order valence-electron chi connectivity index (χ1n) is 8.71. The Hall–Kier alpha value is -1.76. The van der Waals surface area contributed by atoms with Gasteiger partial charge in [0.15, 0.2) is 0 Å². The number of aromatic nitrogens is 1. The minimum absolute atomic E-state index is 0.0577. The largest absolute Gasteiger partial charge is 0.392 e. The van der Waals surface area contributed by atoms with Crippen LogP contribution >= 0.6 is 11.3 Å². The molecule has 1 aliphatic rings. The molecule has 25 heavy (non-hydrogen) atoms. The van der Waals surface area contributed by atoms with Crippen molar-refractivity contribution in [2.24, 2.45) is 0 Å². The van der Waals surface area contributed by atoms with Crippen LogP contribution in [0.3, 0.4) is 0 Å². The number of carbonyl (C=O) groups excluding carboxylic acids is 1. The molecular weight excluding hydrogens is 334 g/mol. The predicted molar refractivity (Wildman–Crippen MR) is 101 cm³/mol. The Morgan fingerprint density at radius 1 is 1.32 bits per heavy atom. The average molecular weight is 359 g/mol. The molecule has 3 atom stereocenters. The number of thiazole rings is 1. The summed E-state index contributed by atoms with van der Waals surface area (Å²) in [4.78, 5) is 17.9. The summed E-state index contributed by atoms with van der Waals surface area (Å²) in [5.41, 5.74) is 5.25. The van der Waals surface area contributed by atoms with Gasteiger partial charge >= 0.3 is 0 Å². The number of carbonyl (C=O) groups is 1. The number of nitrogens with zero attached hydrogens (tertiary/aromatic N) is 1. The summed E-state index contributed by atoms with van der Waals surface area (Å²) in [7, 11) is 0. The second-order valence-electron chi connectivity index (χ2n) is 6.92. The SMILES string of the molecule is CC(C)c1ncsc1-c1ccc([C@H](C)NC(=O)[C@@H]2C[C@@H](O)CN2)cc1. The zero-order valence-electron chi connectivity index (χ0n) is 14.8. The number of nitrogens with one attached hydrogen (secondary N) is 2. The lowest BCUT2D eigenvalue weighted by Crippen LogP contribution is -2.41. The quantitative estimate of drug-likeness (QED) is 0.767. The number of hydrogen-bond acceptors (Lipinski definition) is 5. The van der Waals surface area contributed by atoms with Crippen LogP contribution in [0.5, 0.6) is 0 Å². The number of amides is 1. The number of β-amino-alcohol motifs (C(OH)–C–C–N with tert-alkyl or cyclic N) is 1. The van der Waals surface area contributed by atoms with Crippen molar-refractivity contribution in [3.8, 4) is 10.4 Å². The maximum absolute atomic E-state index is 12.3. The smallest absolute Gasteiger partial charge is 0.237 e. The van der Waals surface area contributed by atoms with Crippen LogP contribution in [0, 0.1) is 0 Å². The Morgan fingerprint density at radius 2 is 2.04 bits per heavy atom. The van der Waals surface area contributed by atoms with E-state index in [1.165, 1.54) is 4.88 Å². The van der Waals surface area contributed by atoms with E-state index in [1.807, 2.05) is 12.4 Å². The highest BCUT2D eigenvalue weighted by atomic mass is 32.1. The molecular formula is C19H25N3O2S. The Bertz CT molecular complexity index is 727. The topological polar surface area (TPSA) is 74.2 Å². The lowest BCUT2D eigenvalue weighted by atomic mass is 10.0. The van der Waals surface area contributed by atoms with Gasteiger partial charge < -0.3 is 15.7 Å². The summed E-state index contributed by atoms with van der Waals surface area (Å²) in [5.74, 6) is 0.339. The molecule has 1 fully saturated rings. The van der Waals surface area contributed by atoms with Gasteiger partial charge in [0, 0.05) is 6.54 Å². The molecule has 0 unspecified atom stereocenters. The first-order chi connectivity index (χ1) is 12.0. The Balaban J connectivity index is 1.67. The van der Waals surface area contributed by atoms with E-state index in [9.17, 15) is 9.90 Å². The van der Waals surface area contributed by atoms with Crippen LogP contribution in [0.4, 0.5) is 0 Å². The number of aliphatic hydroxyl groups excluding tert-OH is 1. The minimum Gasteiger partial charge on any atom is -0.392 e. The van der Waals surface area contributed by atoms with Crippen LogP contribution in [0.15, 0.2) is 29.8 Å². The molecule has 1 aliphatic heterocycles. The molecule has 134 valence electrons. The third-order valence-electron chi connectivity index (χ3n) is 4.60. The van der Waals surface area contributed by atoms with Crippen LogP contribution in [0.25, 0.3) is 10.4 Å². The average Bonchev–Trinajstić information content (AvgIpc) is 3.24. The van der Waals surface area contributed by atoms with Crippen molar-refractivity contribution < 1.29 is 9.90 Å². The molecule has 2 aromatic rings. The summed E-state index contributed by atoms with van der Waals surface area (Å²) in [6.45, 7) is 6.76. The molecule has 0 spiro atoms. The van der Waals surface area contributed by atoms with E-state index in [4.69, 9.17) is 0 Å². The molecule has 3 N–H and O–H groups in total. The highest BCUT2D eigenvalue weighted by Gasteiger charge is 2.28. The number of hydrogen-bond donors (Lipinski definition) is 3. The van der Waals surface area contributed by atoms with Crippen LogP contribution in [-0.4, -0.2) is 34.7 Å². The molecule has 0 bridgehead atoms. The van der Waals surface area contributed by atoms with Crippen molar-refractivity contribution in [1.29, 1.82) is 0 Å². The molecule has 1 aromatic heterocycles. The molecule has 1 aromatic carbocycles. The standard InChI is InChI=1S/C19H25N3O2S/c1-11(2)17-18(25-10-21-17)14-6-4-13(5-7-14)12(3)22-19(24)16-8-15(23)9-20-16/h4-7,10-12,15-16,20,23H,8-9H2,1-3H3,(H,22,24)/t12-,15+,16-/m0/s1. The van der Waals surface area contributed by atoms with Gasteiger partial charge in [0.2, 0.25) is 5.91 Å². The van der Waals surface area contributed by atoms with E-state index in [-0.39, 0.29) is 18.0 Å². The van der Waals surface area contributed by atoms with Crippen LogP contribution in [0.1, 0.15) is 50.4 Å². The Kier molecular flexibility index (Phi) is 5.51. The zero-order valence-corrected chi connectivity index (χ0v) is 15.6. The van der Waals surface area contributed by atoms with Gasteiger partial charge in [-0.3, -0.25) is 4.79 Å². The zero-order chi connectivity index (χ0) is 18.0. The first-order valence-corrected chi connectivity index (χ1v) is 9.59. The number of rotatable bonds is 5. The second kappa shape index (κ2) is 7.64. The van der Waals surface area contributed by atoms with Crippen molar-refractivity contribution in [2.75, 3.05) is 6.54 Å². The molecule has 1 saturated heterocycles. The van der Waals surface area contributed by atoms with Gasteiger partial charge in [0.25, 0.3) is 0 Å².